The van der Waals surface area contributed by atoms with Gasteiger partial charge in [0.2, 0.25) is 0 Å². The van der Waals surface area contributed by atoms with E-state index < -0.39 is 0 Å². The van der Waals surface area contributed by atoms with Crippen LogP contribution < -0.4 is 10.7 Å². The van der Waals surface area contributed by atoms with Gasteiger partial charge in [-0.05, 0) is 55.0 Å². The summed E-state index contributed by atoms with van der Waals surface area (Å²) >= 11 is 1.65. The predicted octanol–water partition coefficient (Wildman–Crippen LogP) is 5.53. The van der Waals surface area contributed by atoms with E-state index in [1.165, 1.54) is 4.70 Å². The zero-order valence-corrected chi connectivity index (χ0v) is 20.9. The summed E-state index contributed by atoms with van der Waals surface area (Å²) in [7, 11) is 0. The molecule has 0 spiro atoms. The van der Waals surface area contributed by atoms with Gasteiger partial charge < -0.3 is 9.88 Å². The van der Waals surface area contributed by atoms with Gasteiger partial charge in [-0.2, -0.15) is 0 Å². The van der Waals surface area contributed by atoms with E-state index in [1.54, 1.807) is 23.6 Å². The van der Waals surface area contributed by atoms with Crippen molar-refractivity contribution in [2.45, 2.75) is 32.9 Å². The van der Waals surface area contributed by atoms with Crippen molar-refractivity contribution in [2.75, 3.05) is 0 Å². The molecule has 1 N–H and O–H groups in total. The quantitative estimate of drug-likeness (QED) is 0.309. The number of aromatic nitrogens is 2. The summed E-state index contributed by atoms with van der Waals surface area (Å²) < 4.78 is 3.24. The van der Waals surface area contributed by atoms with Crippen LogP contribution in [0.3, 0.4) is 0 Å². The van der Waals surface area contributed by atoms with Gasteiger partial charge in [-0.3, -0.25) is 14.6 Å². The van der Waals surface area contributed by atoms with Crippen molar-refractivity contribution in [3.05, 3.63) is 134 Å². The molecule has 6 heteroatoms. The Kier molecular flexibility index (Phi) is 7.05. The maximum absolute atomic E-state index is 13.5. The lowest BCUT2D eigenvalue weighted by molar-refractivity contribution is 0.0948. The fourth-order valence-corrected chi connectivity index (χ4v) is 5.50. The second-order valence-electron chi connectivity index (χ2n) is 8.80. The number of hydrogen-bond donors (Lipinski definition) is 1. The smallest absolute Gasteiger partial charge is 0.257 e. The van der Waals surface area contributed by atoms with Crippen molar-refractivity contribution in [3.8, 4) is 0 Å². The number of amides is 1. The maximum Gasteiger partial charge on any atom is 0.257 e. The third-order valence-corrected chi connectivity index (χ3v) is 7.41. The van der Waals surface area contributed by atoms with Crippen molar-refractivity contribution in [3.63, 3.8) is 0 Å². The van der Waals surface area contributed by atoms with E-state index in [0.717, 1.165) is 39.3 Å². The molecule has 0 radical (unpaired) electrons. The van der Waals surface area contributed by atoms with Gasteiger partial charge in [0, 0.05) is 33.2 Å². The number of pyridine rings is 2. The van der Waals surface area contributed by atoms with Crippen molar-refractivity contribution < 1.29 is 4.79 Å². The number of thiophene rings is 1. The molecule has 180 valence electrons. The highest BCUT2D eigenvalue weighted by Crippen LogP contribution is 2.25. The Morgan fingerprint density at radius 2 is 1.72 bits per heavy atom. The molecule has 0 bridgehead atoms. The Morgan fingerprint density at radius 1 is 0.944 bits per heavy atom. The third-order valence-electron chi connectivity index (χ3n) is 6.29. The van der Waals surface area contributed by atoms with E-state index in [-0.39, 0.29) is 16.9 Å². The van der Waals surface area contributed by atoms with Crippen molar-refractivity contribution >= 4 is 27.3 Å². The summed E-state index contributed by atoms with van der Waals surface area (Å²) in [4.78, 5) is 32.2. The molecule has 5 nitrogen and oxygen atoms in total. The summed E-state index contributed by atoms with van der Waals surface area (Å²) in [6, 6.07) is 27.7. The highest BCUT2D eigenvalue weighted by atomic mass is 32.1. The third kappa shape index (κ3) is 5.29. The minimum atomic E-state index is -0.338. The topological polar surface area (TPSA) is 64.0 Å². The average Bonchev–Trinajstić information content (AvgIpc) is 3.32. The molecule has 0 saturated carbocycles. The summed E-state index contributed by atoms with van der Waals surface area (Å²) in [6.07, 6.45) is 3.05. The lowest BCUT2D eigenvalue weighted by atomic mass is 10.0. The van der Waals surface area contributed by atoms with Crippen LogP contribution in [-0.4, -0.2) is 15.5 Å². The lowest BCUT2D eigenvalue weighted by Crippen LogP contribution is -2.32. The highest BCUT2D eigenvalue weighted by Gasteiger charge is 2.21. The molecule has 0 fully saturated rings. The molecule has 2 aromatic carbocycles. The van der Waals surface area contributed by atoms with Gasteiger partial charge in [0.05, 0.1) is 18.8 Å². The zero-order chi connectivity index (χ0) is 24.9. The Labute approximate surface area is 214 Å². The fraction of sp³-hybridized carbons (Fsp3) is 0.167. The van der Waals surface area contributed by atoms with Crippen LogP contribution in [0.5, 0.6) is 0 Å². The zero-order valence-electron chi connectivity index (χ0n) is 20.1. The summed E-state index contributed by atoms with van der Waals surface area (Å²) in [5, 5.41) is 4.16. The van der Waals surface area contributed by atoms with Crippen molar-refractivity contribution in [1.82, 2.24) is 14.9 Å². The van der Waals surface area contributed by atoms with E-state index in [4.69, 9.17) is 0 Å². The predicted molar refractivity (Wildman–Crippen MR) is 146 cm³/mol. The number of rotatable bonds is 8. The molecule has 5 rings (SSSR count). The Balaban J connectivity index is 1.48. The lowest BCUT2D eigenvalue weighted by Gasteiger charge is -2.20. The molecular formula is C30H27N3O2S. The number of nitrogens with one attached hydrogen (secondary N) is 1. The van der Waals surface area contributed by atoms with E-state index in [2.05, 4.69) is 45.2 Å². The van der Waals surface area contributed by atoms with Gasteiger partial charge in [0.1, 0.15) is 5.56 Å². The van der Waals surface area contributed by atoms with Crippen LogP contribution in [0.15, 0.2) is 95.9 Å². The molecule has 0 aliphatic heterocycles. The van der Waals surface area contributed by atoms with Crippen LogP contribution in [0, 0.1) is 6.92 Å². The molecular weight excluding hydrogens is 466 g/mol. The minimum Gasteiger partial charge on any atom is -0.347 e. The highest BCUT2D eigenvalue weighted by molar-refractivity contribution is 7.19. The molecule has 0 atom stereocenters. The summed E-state index contributed by atoms with van der Waals surface area (Å²) in [6.45, 7) is 2.78. The van der Waals surface area contributed by atoms with Crippen LogP contribution >= 0.6 is 11.3 Å². The molecule has 1 amide bonds. The fourth-order valence-electron chi connectivity index (χ4n) is 4.49. The Hall–Kier alpha value is -4.03. The van der Waals surface area contributed by atoms with Crippen LogP contribution in [0.1, 0.15) is 37.9 Å². The molecule has 3 heterocycles. The minimum absolute atomic E-state index is 0.216. The monoisotopic (exact) mass is 493 g/mol. The summed E-state index contributed by atoms with van der Waals surface area (Å²) in [5.74, 6) is -0.338. The number of benzene rings is 2. The second-order valence-corrected chi connectivity index (χ2v) is 9.97. The molecule has 0 unspecified atom stereocenters. The number of carbonyl (C=O) groups excluding carboxylic acids is 1. The number of carbonyl (C=O) groups is 1. The first kappa shape index (κ1) is 23.7. The van der Waals surface area contributed by atoms with Crippen LogP contribution in [0.4, 0.5) is 0 Å². The molecule has 36 heavy (non-hydrogen) atoms. The number of hydrogen-bond acceptors (Lipinski definition) is 4. The number of fused-ring (bicyclic) bond motifs is 1. The van der Waals surface area contributed by atoms with Crippen LogP contribution in [0.25, 0.3) is 10.1 Å². The van der Waals surface area contributed by atoms with Crippen LogP contribution in [-0.2, 0) is 25.9 Å². The Morgan fingerprint density at radius 3 is 2.50 bits per heavy atom. The van der Waals surface area contributed by atoms with Gasteiger partial charge in [-0.25, -0.2) is 0 Å². The molecule has 5 aromatic rings. The van der Waals surface area contributed by atoms with E-state index >= 15 is 0 Å². The van der Waals surface area contributed by atoms with Crippen molar-refractivity contribution in [2.24, 2.45) is 0 Å². The first-order valence-electron chi connectivity index (χ1n) is 12.0. The number of aryl methyl sites for hydroxylation is 2. The van der Waals surface area contributed by atoms with E-state index in [9.17, 15) is 9.59 Å². The average molecular weight is 494 g/mol. The van der Waals surface area contributed by atoms with Gasteiger partial charge in [-0.1, -0.05) is 54.6 Å². The SMILES string of the molecule is Cc1cc(=O)c(C(=O)NCc2cc3ccccc3s2)c(CCc2ccccc2)n1Cc1ccccn1. The maximum atomic E-state index is 13.5. The van der Waals surface area contributed by atoms with Crippen LogP contribution in [0.2, 0.25) is 0 Å². The first-order valence-corrected chi connectivity index (χ1v) is 12.8. The Bertz CT molecular complexity index is 1520. The van der Waals surface area contributed by atoms with Gasteiger partial charge in [0.15, 0.2) is 5.43 Å². The van der Waals surface area contributed by atoms with Gasteiger partial charge >= 0.3 is 0 Å². The van der Waals surface area contributed by atoms with Gasteiger partial charge in [-0.15, -0.1) is 11.3 Å². The molecule has 0 aliphatic carbocycles. The standard InChI is InChI=1S/C30H27N3O2S/c1-21-17-27(34)29(30(35)32-19-25-18-23-11-5-6-13-28(23)36-25)26(15-14-22-9-3-2-4-10-22)33(21)20-24-12-7-8-16-31-24/h2-13,16-18H,14-15,19-20H2,1H3,(H,32,35). The van der Waals surface area contributed by atoms with Crippen molar-refractivity contribution in [1.29, 1.82) is 0 Å². The van der Waals surface area contributed by atoms with E-state index in [1.807, 2.05) is 55.5 Å². The normalized spacial score (nSPS) is 11.0. The molecule has 3 aromatic heterocycles. The second kappa shape index (κ2) is 10.7. The van der Waals surface area contributed by atoms with Gasteiger partial charge in [0.25, 0.3) is 5.91 Å². The first-order chi connectivity index (χ1) is 17.6. The molecule has 0 saturated heterocycles. The molecule has 0 aliphatic rings. The van der Waals surface area contributed by atoms with E-state index in [0.29, 0.717) is 19.5 Å². The number of nitrogens with zero attached hydrogens (tertiary/aromatic N) is 2. The summed E-state index contributed by atoms with van der Waals surface area (Å²) in [5.41, 5.74) is 3.56. The largest absolute Gasteiger partial charge is 0.347 e.